The predicted molar refractivity (Wildman–Crippen MR) is 132 cm³/mol. The van der Waals surface area contributed by atoms with Crippen molar-refractivity contribution < 1.29 is 5.11 Å². The van der Waals surface area contributed by atoms with Crippen LogP contribution >= 0.6 is 15.9 Å². The quantitative estimate of drug-likeness (QED) is 0.480. The Labute approximate surface area is 196 Å². The highest BCUT2D eigenvalue weighted by Crippen LogP contribution is 2.32. The molecule has 0 aliphatic carbocycles. The van der Waals surface area contributed by atoms with Crippen molar-refractivity contribution in [3.63, 3.8) is 0 Å². The van der Waals surface area contributed by atoms with Gasteiger partial charge in [0.2, 0.25) is 0 Å². The number of hydrogen-bond donors (Lipinski definition) is 3. The normalized spacial score (nSPS) is 20.3. The highest BCUT2D eigenvalue weighted by molar-refractivity contribution is 9.10. The van der Waals surface area contributed by atoms with Gasteiger partial charge < -0.3 is 25.2 Å². The number of aliphatic hydroxyl groups excluding tert-OH is 1. The summed E-state index contributed by atoms with van der Waals surface area (Å²) in [5.41, 5.74) is 4.94. The Balaban J connectivity index is 1.34. The molecule has 2 aliphatic rings. The van der Waals surface area contributed by atoms with Crippen molar-refractivity contribution in [2.24, 2.45) is 0 Å². The molecule has 0 unspecified atom stereocenters. The summed E-state index contributed by atoms with van der Waals surface area (Å²) in [4.78, 5) is 19.9. The third-order valence-electron chi connectivity index (χ3n) is 6.50. The molecular weight excluding hydrogens is 470 g/mol. The average molecular weight is 500 g/mol. The van der Waals surface area contributed by atoms with Crippen molar-refractivity contribution in [3.8, 4) is 11.4 Å². The molecular formula is C23H30BrN7O. The minimum atomic E-state index is 0.229. The van der Waals surface area contributed by atoms with Crippen molar-refractivity contribution in [2.75, 3.05) is 69.7 Å². The van der Waals surface area contributed by atoms with Gasteiger partial charge in [-0.25, -0.2) is 9.97 Å². The molecule has 3 aromatic rings. The topological polar surface area (TPSA) is 83.6 Å². The summed E-state index contributed by atoms with van der Waals surface area (Å²) < 4.78 is 0.938. The van der Waals surface area contributed by atoms with Crippen LogP contribution in [0.3, 0.4) is 0 Å². The first-order chi connectivity index (χ1) is 15.6. The number of piperazine rings is 1. The van der Waals surface area contributed by atoms with Gasteiger partial charge in [0.05, 0.1) is 16.8 Å². The molecule has 0 saturated carbocycles. The van der Waals surface area contributed by atoms with Crippen molar-refractivity contribution in [3.05, 3.63) is 34.9 Å². The van der Waals surface area contributed by atoms with Crippen LogP contribution in [0.4, 0.5) is 11.4 Å². The summed E-state index contributed by atoms with van der Waals surface area (Å²) in [7, 11) is 2.16. The monoisotopic (exact) mass is 499 g/mol. The zero-order valence-corrected chi connectivity index (χ0v) is 20.0. The zero-order chi connectivity index (χ0) is 22.1. The third kappa shape index (κ3) is 4.47. The van der Waals surface area contributed by atoms with Crippen LogP contribution in [-0.4, -0.2) is 95.4 Å². The van der Waals surface area contributed by atoms with Crippen LogP contribution in [0.25, 0.3) is 22.6 Å². The van der Waals surface area contributed by atoms with Gasteiger partial charge in [-0.05, 0) is 60.2 Å². The summed E-state index contributed by atoms with van der Waals surface area (Å²) in [6, 6.07) is 9.00. The lowest BCUT2D eigenvalue weighted by Crippen LogP contribution is -2.47. The number of H-pyrrole nitrogens is 1. The van der Waals surface area contributed by atoms with E-state index in [9.17, 15) is 0 Å². The number of fused-ring (bicyclic) bond motifs is 1. The van der Waals surface area contributed by atoms with Gasteiger partial charge in [-0.15, -0.1) is 0 Å². The molecule has 8 nitrogen and oxygen atoms in total. The van der Waals surface area contributed by atoms with Crippen molar-refractivity contribution in [1.29, 1.82) is 0 Å². The number of hydrogen-bond acceptors (Lipinski definition) is 7. The van der Waals surface area contributed by atoms with Crippen molar-refractivity contribution in [1.82, 2.24) is 24.8 Å². The van der Waals surface area contributed by atoms with Crippen LogP contribution in [0.2, 0.25) is 0 Å². The number of benzene rings is 1. The summed E-state index contributed by atoms with van der Waals surface area (Å²) in [5, 5.41) is 12.8. The SMILES string of the molecule is CN1CC[C@H](Nc2c(Br)cnc3[nH]c(-c4ccc(N5CCN(CCO)CC5)cc4)nc23)C1. The molecule has 5 rings (SSSR count). The van der Waals surface area contributed by atoms with Crippen LogP contribution in [0.5, 0.6) is 0 Å². The molecule has 0 bridgehead atoms. The lowest BCUT2D eigenvalue weighted by molar-refractivity contribution is 0.189. The number of anilines is 2. The number of aliphatic hydroxyl groups is 1. The molecule has 2 fully saturated rings. The van der Waals surface area contributed by atoms with Gasteiger partial charge in [-0.2, -0.15) is 0 Å². The number of likely N-dealkylation sites (N-methyl/N-ethyl adjacent to an activating group) is 1. The fourth-order valence-electron chi connectivity index (χ4n) is 4.66. The van der Waals surface area contributed by atoms with Gasteiger partial charge in [0, 0.05) is 62.8 Å². The van der Waals surface area contributed by atoms with Gasteiger partial charge >= 0.3 is 0 Å². The van der Waals surface area contributed by atoms with Crippen molar-refractivity contribution in [2.45, 2.75) is 12.5 Å². The van der Waals surface area contributed by atoms with Crippen LogP contribution in [0.1, 0.15) is 6.42 Å². The van der Waals surface area contributed by atoms with E-state index in [4.69, 9.17) is 10.1 Å². The van der Waals surface area contributed by atoms with Gasteiger partial charge in [-0.3, -0.25) is 4.90 Å². The molecule has 170 valence electrons. The first-order valence-corrected chi connectivity index (χ1v) is 12.1. The molecule has 1 aromatic carbocycles. The van der Waals surface area contributed by atoms with Crippen LogP contribution in [0.15, 0.2) is 34.9 Å². The highest BCUT2D eigenvalue weighted by atomic mass is 79.9. The largest absolute Gasteiger partial charge is 0.395 e. The molecule has 2 aromatic heterocycles. The van der Waals surface area contributed by atoms with Crippen molar-refractivity contribution >= 4 is 38.5 Å². The maximum atomic E-state index is 9.13. The van der Waals surface area contributed by atoms with E-state index in [-0.39, 0.29) is 6.61 Å². The maximum Gasteiger partial charge on any atom is 0.159 e. The standard InChI is InChI=1S/C23H30BrN7O/c1-29-7-6-17(15-29)26-20-19(24)14-25-23-21(20)27-22(28-23)16-2-4-18(5-3-16)31-10-8-30(9-11-31)12-13-32/h2-5,14,17,32H,6-13,15H2,1H3,(H2,25,26,27,28)/t17-/m0/s1. The minimum Gasteiger partial charge on any atom is -0.395 e. The number of aromatic amines is 1. The summed E-state index contributed by atoms with van der Waals surface area (Å²) >= 11 is 3.66. The molecule has 2 saturated heterocycles. The Morgan fingerprint density at radius 3 is 2.62 bits per heavy atom. The minimum absolute atomic E-state index is 0.229. The van der Waals surface area contributed by atoms with E-state index in [1.54, 1.807) is 0 Å². The Bertz CT molecular complexity index is 1060. The van der Waals surface area contributed by atoms with E-state index >= 15 is 0 Å². The highest BCUT2D eigenvalue weighted by Gasteiger charge is 2.22. The van der Waals surface area contributed by atoms with E-state index in [1.807, 2.05) is 6.20 Å². The lowest BCUT2D eigenvalue weighted by atomic mass is 10.1. The number of nitrogens with zero attached hydrogens (tertiary/aromatic N) is 5. The second kappa shape index (κ2) is 9.35. The number of pyridine rings is 1. The van der Waals surface area contributed by atoms with E-state index in [1.165, 1.54) is 5.69 Å². The van der Waals surface area contributed by atoms with Crippen LogP contribution < -0.4 is 10.2 Å². The molecule has 0 amide bonds. The average Bonchev–Trinajstić information content (AvgIpc) is 3.43. The van der Waals surface area contributed by atoms with E-state index in [2.05, 4.69) is 77.2 Å². The second-order valence-electron chi connectivity index (χ2n) is 8.76. The number of imidazole rings is 1. The summed E-state index contributed by atoms with van der Waals surface area (Å²) in [6.45, 7) is 7.06. The number of aromatic nitrogens is 3. The number of β-amino-alcohol motifs (C(OH)–C–C–N with tert-alkyl or cyclic N) is 1. The Morgan fingerprint density at radius 2 is 1.94 bits per heavy atom. The lowest BCUT2D eigenvalue weighted by Gasteiger charge is -2.35. The number of halogens is 1. The molecule has 9 heteroatoms. The Hall–Kier alpha value is -2.20. The fraction of sp³-hybridized carbons (Fsp3) is 0.478. The smallest absolute Gasteiger partial charge is 0.159 e. The molecule has 0 radical (unpaired) electrons. The Kier molecular flexibility index (Phi) is 6.32. The first-order valence-electron chi connectivity index (χ1n) is 11.3. The van der Waals surface area contributed by atoms with E-state index in [0.717, 1.165) is 84.9 Å². The molecule has 1 atom stereocenters. The van der Waals surface area contributed by atoms with Gasteiger partial charge in [-0.1, -0.05) is 0 Å². The van der Waals surface area contributed by atoms with Crippen LogP contribution in [-0.2, 0) is 0 Å². The van der Waals surface area contributed by atoms with Crippen LogP contribution in [0, 0.1) is 0 Å². The summed E-state index contributed by atoms with van der Waals surface area (Å²) in [6.07, 6.45) is 2.96. The first kappa shape index (κ1) is 21.6. The van der Waals surface area contributed by atoms with Gasteiger partial charge in [0.15, 0.2) is 5.65 Å². The fourth-order valence-corrected chi connectivity index (χ4v) is 5.07. The number of likely N-dealkylation sites (tertiary alicyclic amines) is 1. The number of nitrogens with one attached hydrogen (secondary N) is 2. The zero-order valence-electron chi connectivity index (χ0n) is 18.4. The molecule has 0 spiro atoms. The second-order valence-corrected chi connectivity index (χ2v) is 9.61. The molecule has 2 aliphatic heterocycles. The maximum absolute atomic E-state index is 9.13. The summed E-state index contributed by atoms with van der Waals surface area (Å²) in [5.74, 6) is 0.830. The molecule has 4 heterocycles. The van der Waals surface area contributed by atoms with E-state index in [0.29, 0.717) is 6.04 Å². The Morgan fingerprint density at radius 1 is 1.16 bits per heavy atom. The predicted octanol–water partition coefficient (Wildman–Crippen LogP) is 2.62. The molecule has 3 N–H and O–H groups in total. The van der Waals surface area contributed by atoms with Gasteiger partial charge in [0.25, 0.3) is 0 Å². The van der Waals surface area contributed by atoms with Gasteiger partial charge in [0.1, 0.15) is 11.3 Å². The molecule has 32 heavy (non-hydrogen) atoms. The van der Waals surface area contributed by atoms with E-state index < -0.39 is 0 Å². The number of rotatable bonds is 6. The third-order valence-corrected chi connectivity index (χ3v) is 7.10.